The number of amides is 1. The quantitative estimate of drug-likeness (QED) is 0.618. The summed E-state index contributed by atoms with van der Waals surface area (Å²) in [7, 11) is 0.490. The summed E-state index contributed by atoms with van der Waals surface area (Å²) < 4.78 is 14.9. The van der Waals surface area contributed by atoms with E-state index in [-0.39, 0.29) is 5.91 Å². The Morgan fingerprint density at radius 1 is 1.41 bits per heavy atom. The van der Waals surface area contributed by atoms with Crippen molar-refractivity contribution in [2.24, 2.45) is 0 Å². The van der Waals surface area contributed by atoms with Crippen LogP contribution in [0.1, 0.15) is 25.7 Å². The summed E-state index contributed by atoms with van der Waals surface area (Å²) in [5, 5.41) is 0. The monoisotopic (exact) mass is 259 g/mol. The second-order valence-electron chi connectivity index (χ2n) is 4.10. The van der Waals surface area contributed by atoms with Gasteiger partial charge >= 0.3 is 8.25 Å². The van der Waals surface area contributed by atoms with Crippen LogP contribution in [0.2, 0.25) is 0 Å². The van der Waals surface area contributed by atoms with Crippen molar-refractivity contribution in [3.05, 3.63) is 23.5 Å². The molecule has 17 heavy (non-hydrogen) atoms. The molecule has 0 heterocycles. The average molecular weight is 259 g/mol. The van der Waals surface area contributed by atoms with Crippen molar-refractivity contribution in [1.29, 1.82) is 0 Å². The molecule has 1 aliphatic carbocycles. The fourth-order valence-corrected chi connectivity index (χ4v) is 1.99. The van der Waals surface area contributed by atoms with Gasteiger partial charge in [-0.1, -0.05) is 0 Å². The van der Waals surface area contributed by atoms with E-state index in [4.69, 9.17) is 4.89 Å². The Balaban J connectivity index is 2.84. The van der Waals surface area contributed by atoms with Gasteiger partial charge in [0.1, 0.15) is 0 Å². The van der Waals surface area contributed by atoms with Crippen LogP contribution < -0.4 is 0 Å². The highest BCUT2D eigenvalue weighted by Crippen LogP contribution is 2.27. The van der Waals surface area contributed by atoms with Gasteiger partial charge in [0.05, 0.1) is 6.26 Å². The van der Waals surface area contributed by atoms with E-state index in [1.165, 1.54) is 6.26 Å². The van der Waals surface area contributed by atoms with Gasteiger partial charge in [0, 0.05) is 19.7 Å². The predicted molar refractivity (Wildman–Crippen MR) is 65.6 cm³/mol. The van der Waals surface area contributed by atoms with Crippen molar-refractivity contribution in [2.45, 2.75) is 25.7 Å². The van der Waals surface area contributed by atoms with E-state index in [0.29, 0.717) is 0 Å². The number of nitrogens with zero attached hydrogens (tertiary/aromatic N) is 1. The Kier molecular flexibility index (Phi) is 5.45. The van der Waals surface area contributed by atoms with E-state index in [1.54, 1.807) is 25.1 Å². The first-order chi connectivity index (χ1) is 8.02. The van der Waals surface area contributed by atoms with Gasteiger partial charge in [0.25, 0.3) is 0 Å². The van der Waals surface area contributed by atoms with Gasteiger partial charge in [-0.25, -0.2) is 4.57 Å². The first kappa shape index (κ1) is 14.0. The van der Waals surface area contributed by atoms with Crippen LogP contribution in [0.25, 0.3) is 0 Å². The van der Waals surface area contributed by atoms with Crippen LogP contribution >= 0.6 is 8.25 Å². The second-order valence-corrected chi connectivity index (χ2v) is 4.86. The van der Waals surface area contributed by atoms with Gasteiger partial charge < -0.3 is 14.3 Å². The molecule has 1 atom stereocenters. The summed E-state index contributed by atoms with van der Waals surface area (Å²) >= 11 is 0. The summed E-state index contributed by atoms with van der Waals surface area (Å²) in [5.74, 6) is 0.000927. The second kappa shape index (κ2) is 6.62. The molecule has 1 N–H and O–H groups in total. The Morgan fingerprint density at radius 3 is 2.65 bits per heavy atom. The largest absolute Gasteiger partial charge is 0.434 e. The molecule has 0 aromatic heterocycles. The first-order valence-electron chi connectivity index (χ1n) is 5.52. The molecule has 0 aromatic carbocycles. The summed E-state index contributed by atoms with van der Waals surface area (Å²) in [6.45, 7) is 0. The third kappa shape index (κ3) is 4.36. The molecule has 5 nitrogen and oxygen atoms in total. The smallest absolute Gasteiger partial charge is 0.364 e. The van der Waals surface area contributed by atoms with Gasteiger partial charge in [-0.3, -0.25) is 4.79 Å². The molecule has 1 unspecified atom stereocenters. The molecule has 0 aliphatic heterocycles. The lowest BCUT2D eigenvalue weighted by Gasteiger charge is -2.20. The molecule has 6 heteroatoms. The number of likely N-dealkylation sites (N-methyl/N-ethyl adjacent to an activating group) is 1. The normalized spacial score (nSPS) is 18.3. The Labute approximate surface area is 102 Å². The van der Waals surface area contributed by atoms with Crippen molar-refractivity contribution in [2.75, 3.05) is 14.1 Å². The van der Waals surface area contributed by atoms with Crippen LogP contribution in [-0.2, 0) is 13.9 Å². The maximum Gasteiger partial charge on any atom is 0.364 e. The molecule has 96 valence electrons. The molecule has 1 aliphatic rings. The molecule has 0 saturated carbocycles. The molecule has 0 aromatic rings. The van der Waals surface area contributed by atoms with Crippen molar-refractivity contribution < 1.29 is 18.8 Å². The maximum absolute atomic E-state index is 11.9. The predicted octanol–water partition coefficient (Wildman–Crippen LogP) is 1.86. The number of carbonyl (C=O) groups excluding carboxylic acids is 1. The Bertz CT molecular complexity index is 374. The number of rotatable bonds is 4. The molecule has 0 spiro atoms. The Morgan fingerprint density at radius 2 is 2.06 bits per heavy atom. The van der Waals surface area contributed by atoms with Crippen LogP contribution in [0.15, 0.2) is 23.5 Å². The zero-order chi connectivity index (χ0) is 12.8. The van der Waals surface area contributed by atoms with Crippen LogP contribution in [-0.4, -0.2) is 29.8 Å². The van der Waals surface area contributed by atoms with Crippen molar-refractivity contribution in [3.63, 3.8) is 0 Å². The summed E-state index contributed by atoms with van der Waals surface area (Å²) in [6.07, 6.45) is 6.41. The molecule has 0 saturated heterocycles. The number of carbonyl (C=O) groups is 1. The number of hydrogen-bond acceptors (Lipinski definition) is 3. The van der Waals surface area contributed by atoms with E-state index in [2.05, 4.69) is 4.52 Å². The molecular weight excluding hydrogens is 241 g/mol. The van der Waals surface area contributed by atoms with Crippen molar-refractivity contribution in [3.8, 4) is 0 Å². The van der Waals surface area contributed by atoms with Crippen LogP contribution in [0.3, 0.4) is 0 Å². The fraction of sp³-hybridized carbons (Fsp3) is 0.545. The molecule has 0 bridgehead atoms. The van der Waals surface area contributed by atoms with Gasteiger partial charge in [-0.2, -0.15) is 0 Å². The van der Waals surface area contributed by atoms with Crippen LogP contribution in [0.4, 0.5) is 0 Å². The average Bonchev–Trinajstić information content (AvgIpc) is 2.28. The SMILES string of the molecule is CN(C)C(=O)C1=C(/C=C/O[PH](=O)O)CCCC1. The third-order valence-electron chi connectivity index (χ3n) is 2.61. The Hall–Kier alpha value is -1.06. The topological polar surface area (TPSA) is 66.8 Å². The summed E-state index contributed by atoms with van der Waals surface area (Å²) in [4.78, 5) is 22.0. The third-order valence-corrected chi connectivity index (χ3v) is 2.95. The molecule has 0 radical (unpaired) electrons. The van der Waals surface area contributed by atoms with Crippen LogP contribution in [0, 0.1) is 0 Å². The highest BCUT2D eigenvalue weighted by Gasteiger charge is 2.18. The number of allylic oxidation sites excluding steroid dienone is 2. The fourth-order valence-electron chi connectivity index (χ4n) is 1.80. The minimum absolute atomic E-state index is 0.000927. The summed E-state index contributed by atoms with van der Waals surface area (Å²) in [6, 6.07) is 0. The zero-order valence-electron chi connectivity index (χ0n) is 10.1. The zero-order valence-corrected chi connectivity index (χ0v) is 11.1. The minimum Gasteiger partial charge on any atom is -0.434 e. The van der Waals surface area contributed by atoms with E-state index in [0.717, 1.165) is 36.8 Å². The van der Waals surface area contributed by atoms with E-state index >= 15 is 0 Å². The lowest BCUT2D eigenvalue weighted by molar-refractivity contribution is -0.125. The molecule has 1 rings (SSSR count). The van der Waals surface area contributed by atoms with Gasteiger partial charge in [0.2, 0.25) is 5.91 Å². The highest BCUT2D eigenvalue weighted by atomic mass is 31.1. The lowest BCUT2D eigenvalue weighted by Crippen LogP contribution is -2.25. The van der Waals surface area contributed by atoms with Gasteiger partial charge in [-0.15, -0.1) is 0 Å². The lowest BCUT2D eigenvalue weighted by atomic mass is 9.91. The van der Waals surface area contributed by atoms with Gasteiger partial charge in [-0.05, 0) is 37.3 Å². The standard InChI is InChI=1S/C11H18NO4P/c1-12(2)11(13)10-6-4-3-5-9(10)7-8-16-17(14)15/h7-8,17H,3-6H2,1-2H3,(H,14,15)/b8-7+. The van der Waals surface area contributed by atoms with Gasteiger partial charge in [0.15, 0.2) is 0 Å². The van der Waals surface area contributed by atoms with Crippen molar-refractivity contribution >= 4 is 14.2 Å². The maximum atomic E-state index is 11.9. The molecule has 0 fully saturated rings. The van der Waals surface area contributed by atoms with E-state index < -0.39 is 8.25 Å². The number of hydrogen-bond donors (Lipinski definition) is 1. The van der Waals surface area contributed by atoms with E-state index in [1.807, 2.05) is 0 Å². The van der Waals surface area contributed by atoms with Crippen LogP contribution in [0.5, 0.6) is 0 Å². The van der Waals surface area contributed by atoms with E-state index in [9.17, 15) is 9.36 Å². The van der Waals surface area contributed by atoms with Crippen molar-refractivity contribution in [1.82, 2.24) is 4.90 Å². The first-order valence-corrected chi connectivity index (χ1v) is 6.78. The molecule has 1 amide bonds. The minimum atomic E-state index is -2.94. The highest BCUT2D eigenvalue weighted by molar-refractivity contribution is 7.32. The molecular formula is C11H18NO4P. The summed E-state index contributed by atoms with van der Waals surface area (Å²) in [5.41, 5.74) is 1.68.